The van der Waals surface area contributed by atoms with E-state index in [0.717, 1.165) is 11.5 Å². The van der Waals surface area contributed by atoms with Gasteiger partial charge in [0.2, 0.25) is 0 Å². The van der Waals surface area contributed by atoms with Crippen molar-refractivity contribution in [1.82, 2.24) is 0 Å². The summed E-state index contributed by atoms with van der Waals surface area (Å²) in [6, 6.07) is 13.0. The highest BCUT2D eigenvalue weighted by Gasteiger charge is 2.09. The normalized spacial score (nSPS) is 10.7. The first-order valence-electron chi connectivity index (χ1n) is 6.13. The van der Waals surface area contributed by atoms with Crippen molar-refractivity contribution in [2.75, 3.05) is 0 Å². The van der Waals surface area contributed by atoms with Gasteiger partial charge in [0.25, 0.3) is 0 Å². The van der Waals surface area contributed by atoms with Crippen molar-refractivity contribution in [3.05, 3.63) is 53.6 Å². The molecule has 2 aromatic carbocycles. The standard InChI is InChI=1S/C16H18O2/c1-11(2)15-10-12(3)4-9-16(15)18-14-7-5-13(17)6-8-14/h4-11,17H,1-3H3. The van der Waals surface area contributed by atoms with E-state index in [1.165, 1.54) is 11.1 Å². The summed E-state index contributed by atoms with van der Waals surface area (Å²) in [5, 5.41) is 9.25. The zero-order valence-corrected chi connectivity index (χ0v) is 11.0. The van der Waals surface area contributed by atoms with Crippen molar-refractivity contribution in [3.63, 3.8) is 0 Å². The highest BCUT2D eigenvalue weighted by molar-refractivity contribution is 5.42. The lowest BCUT2D eigenvalue weighted by Crippen LogP contribution is -1.94. The molecule has 2 nitrogen and oxygen atoms in total. The largest absolute Gasteiger partial charge is 0.508 e. The predicted molar refractivity (Wildman–Crippen MR) is 73.4 cm³/mol. The summed E-state index contributed by atoms with van der Waals surface area (Å²) >= 11 is 0. The molecule has 2 heteroatoms. The Bertz CT molecular complexity index is 527. The van der Waals surface area contributed by atoms with Crippen LogP contribution in [0.25, 0.3) is 0 Å². The Kier molecular flexibility index (Phi) is 3.56. The second-order valence-electron chi connectivity index (χ2n) is 4.79. The van der Waals surface area contributed by atoms with Crippen LogP contribution in [0.4, 0.5) is 0 Å². The maximum Gasteiger partial charge on any atom is 0.130 e. The molecular formula is C16H18O2. The maximum atomic E-state index is 9.25. The molecule has 94 valence electrons. The minimum atomic E-state index is 0.246. The van der Waals surface area contributed by atoms with E-state index in [2.05, 4.69) is 26.8 Å². The van der Waals surface area contributed by atoms with Gasteiger partial charge in [0.15, 0.2) is 0 Å². The number of hydrogen-bond acceptors (Lipinski definition) is 2. The summed E-state index contributed by atoms with van der Waals surface area (Å²) in [6.45, 7) is 6.38. The molecular weight excluding hydrogens is 224 g/mol. The van der Waals surface area contributed by atoms with Crippen LogP contribution in [0.5, 0.6) is 17.2 Å². The molecule has 1 N–H and O–H groups in total. The Morgan fingerprint density at radius 3 is 2.28 bits per heavy atom. The molecule has 0 aliphatic heterocycles. The SMILES string of the molecule is Cc1ccc(Oc2ccc(O)cc2)c(C(C)C)c1. The Hall–Kier alpha value is -1.96. The van der Waals surface area contributed by atoms with Crippen LogP contribution in [0.15, 0.2) is 42.5 Å². The Labute approximate surface area is 108 Å². The minimum absolute atomic E-state index is 0.246. The molecule has 0 unspecified atom stereocenters. The van der Waals surface area contributed by atoms with Crippen LogP contribution in [0, 0.1) is 6.92 Å². The number of benzene rings is 2. The van der Waals surface area contributed by atoms with E-state index in [-0.39, 0.29) is 5.75 Å². The van der Waals surface area contributed by atoms with Gasteiger partial charge in [-0.05, 0) is 48.7 Å². The molecule has 0 bridgehead atoms. The van der Waals surface area contributed by atoms with Crippen LogP contribution in [0.2, 0.25) is 0 Å². The second-order valence-corrected chi connectivity index (χ2v) is 4.79. The summed E-state index contributed by atoms with van der Waals surface area (Å²) in [6.07, 6.45) is 0. The van der Waals surface area contributed by atoms with Gasteiger partial charge in [-0.15, -0.1) is 0 Å². The van der Waals surface area contributed by atoms with Crippen LogP contribution >= 0.6 is 0 Å². The van der Waals surface area contributed by atoms with Crippen molar-refractivity contribution in [3.8, 4) is 17.2 Å². The third-order valence-electron chi connectivity index (χ3n) is 2.85. The molecule has 0 saturated heterocycles. The fourth-order valence-corrected chi connectivity index (χ4v) is 1.85. The molecule has 2 rings (SSSR count). The first-order chi connectivity index (χ1) is 8.56. The smallest absolute Gasteiger partial charge is 0.130 e. The van der Waals surface area contributed by atoms with E-state index >= 15 is 0 Å². The first kappa shape index (κ1) is 12.5. The Morgan fingerprint density at radius 2 is 1.67 bits per heavy atom. The van der Waals surface area contributed by atoms with Gasteiger partial charge in [-0.25, -0.2) is 0 Å². The number of phenolic OH excluding ortho intramolecular Hbond substituents is 1. The van der Waals surface area contributed by atoms with E-state index in [1.54, 1.807) is 24.3 Å². The average Bonchev–Trinajstić information content (AvgIpc) is 2.34. The molecule has 0 heterocycles. The lowest BCUT2D eigenvalue weighted by molar-refractivity contribution is 0.460. The van der Waals surface area contributed by atoms with Gasteiger partial charge in [-0.1, -0.05) is 31.5 Å². The highest BCUT2D eigenvalue weighted by Crippen LogP contribution is 2.31. The maximum absolute atomic E-state index is 9.25. The van der Waals surface area contributed by atoms with Crippen LogP contribution in [-0.2, 0) is 0 Å². The summed E-state index contributed by atoms with van der Waals surface area (Å²) in [5.41, 5.74) is 2.43. The van der Waals surface area contributed by atoms with Crippen LogP contribution in [-0.4, -0.2) is 5.11 Å². The summed E-state index contributed by atoms with van der Waals surface area (Å²) in [4.78, 5) is 0. The molecule has 0 radical (unpaired) electrons. The molecule has 2 aromatic rings. The van der Waals surface area contributed by atoms with E-state index in [1.807, 2.05) is 12.1 Å². The number of hydrogen-bond donors (Lipinski definition) is 1. The number of aromatic hydroxyl groups is 1. The number of rotatable bonds is 3. The molecule has 0 aliphatic carbocycles. The average molecular weight is 242 g/mol. The second kappa shape index (κ2) is 5.13. The van der Waals surface area contributed by atoms with E-state index in [0.29, 0.717) is 5.92 Å². The lowest BCUT2D eigenvalue weighted by Gasteiger charge is -2.14. The third-order valence-corrected chi connectivity index (χ3v) is 2.85. The van der Waals surface area contributed by atoms with Gasteiger partial charge >= 0.3 is 0 Å². The molecule has 0 amide bonds. The van der Waals surface area contributed by atoms with Gasteiger partial charge in [0.1, 0.15) is 17.2 Å². The topological polar surface area (TPSA) is 29.5 Å². The predicted octanol–water partition coefficient (Wildman–Crippen LogP) is 4.62. The minimum Gasteiger partial charge on any atom is -0.508 e. The van der Waals surface area contributed by atoms with Crippen LogP contribution in [0.3, 0.4) is 0 Å². The quantitative estimate of drug-likeness (QED) is 0.851. The summed E-state index contributed by atoms with van der Waals surface area (Å²) < 4.78 is 5.87. The lowest BCUT2D eigenvalue weighted by atomic mass is 10.00. The van der Waals surface area contributed by atoms with Crippen molar-refractivity contribution < 1.29 is 9.84 Å². The van der Waals surface area contributed by atoms with E-state index in [9.17, 15) is 5.11 Å². The van der Waals surface area contributed by atoms with Gasteiger partial charge < -0.3 is 9.84 Å². The van der Waals surface area contributed by atoms with Gasteiger partial charge in [0, 0.05) is 0 Å². The van der Waals surface area contributed by atoms with Gasteiger partial charge in [0.05, 0.1) is 0 Å². The molecule has 0 aliphatic rings. The zero-order chi connectivity index (χ0) is 13.1. The monoisotopic (exact) mass is 242 g/mol. The van der Waals surface area contributed by atoms with Crippen molar-refractivity contribution in [2.24, 2.45) is 0 Å². The number of ether oxygens (including phenoxy) is 1. The molecule has 0 saturated carbocycles. The summed E-state index contributed by atoms with van der Waals surface area (Å²) in [7, 11) is 0. The Balaban J connectivity index is 2.31. The highest BCUT2D eigenvalue weighted by atomic mass is 16.5. The van der Waals surface area contributed by atoms with Gasteiger partial charge in [-0.3, -0.25) is 0 Å². The molecule has 0 fully saturated rings. The van der Waals surface area contributed by atoms with Gasteiger partial charge in [-0.2, -0.15) is 0 Å². The van der Waals surface area contributed by atoms with Crippen molar-refractivity contribution in [1.29, 1.82) is 0 Å². The fraction of sp³-hybridized carbons (Fsp3) is 0.250. The molecule has 18 heavy (non-hydrogen) atoms. The Morgan fingerprint density at radius 1 is 1.00 bits per heavy atom. The number of aryl methyl sites for hydroxylation is 1. The summed E-state index contributed by atoms with van der Waals surface area (Å²) in [5.74, 6) is 2.27. The van der Waals surface area contributed by atoms with Crippen molar-refractivity contribution >= 4 is 0 Å². The number of phenols is 1. The zero-order valence-electron chi connectivity index (χ0n) is 11.0. The van der Waals surface area contributed by atoms with Crippen LogP contribution < -0.4 is 4.74 Å². The molecule has 0 atom stereocenters. The molecule has 0 aromatic heterocycles. The fourth-order valence-electron chi connectivity index (χ4n) is 1.85. The van der Waals surface area contributed by atoms with E-state index in [4.69, 9.17) is 4.74 Å². The van der Waals surface area contributed by atoms with E-state index < -0.39 is 0 Å². The first-order valence-corrected chi connectivity index (χ1v) is 6.13. The molecule has 0 spiro atoms. The third kappa shape index (κ3) is 2.83. The van der Waals surface area contributed by atoms with Crippen LogP contribution in [0.1, 0.15) is 30.9 Å². The van der Waals surface area contributed by atoms with Crippen molar-refractivity contribution in [2.45, 2.75) is 26.7 Å².